The number of hydrogen-bond acceptors (Lipinski definition) is 1. The highest BCUT2D eigenvalue weighted by atomic mass is 16.1. The average Bonchev–Trinajstić information content (AvgIpc) is 2.61. The summed E-state index contributed by atoms with van der Waals surface area (Å²) in [5.41, 5.74) is 3.02. The molecular weight excluding hydrogens is 268 g/mol. The molecule has 0 aromatic heterocycles. The summed E-state index contributed by atoms with van der Waals surface area (Å²) in [5.74, 6) is 0.0293. The molecule has 108 valence electrons. The predicted octanol–water partition coefficient (Wildman–Crippen LogP) is 4.90. The summed E-state index contributed by atoms with van der Waals surface area (Å²) in [5, 5.41) is 0. The maximum Gasteiger partial charge on any atom is 0.170 e. The maximum absolute atomic E-state index is 12.9. The summed E-state index contributed by atoms with van der Waals surface area (Å²) in [7, 11) is 0. The molecule has 0 fully saturated rings. The second-order valence-corrected chi connectivity index (χ2v) is 5.38. The Bertz CT molecular complexity index is 718. The zero-order chi connectivity index (χ0) is 15.2. The fourth-order valence-corrected chi connectivity index (χ4v) is 2.70. The van der Waals surface area contributed by atoms with Crippen molar-refractivity contribution in [3.05, 3.63) is 108 Å². The van der Waals surface area contributed by atoms with Gasteiger partial charge in [-0.1, -0.05) is 91.0 Å². The largest absolute Gasteiger partial charge is 0.293 e. The highest BCUT2D eigenvalue weighted by Gasteiger charge is 2.22. The van der Waals surface area contributed by atoms with Gasteiger partial charge in [-0.2, -0.15) is 0 Å². The second-order valence-electron chi connectivity index (χ2n) is 5.38. The topological polar surface area (TPSA) is 17.1 Å². The van der Waals surface area contributed by atoms with Gasteiger partial charge in [-0.25, -0.2) is 0 Å². The van der Waals surface area contributed by atoms with E-state index in [0.29, 0.717) is 0 Å². The molecule has 3 aromatic carbocycles. The van der Waals surface area contributed by atoms with Crippen LogP contribution in [0.5, 0.6) is 0 Å². The van der Waals surface area contributed by atoms with Gasteiger partial charge in [0.25, 0.3) is 0 Å². The Morgan fingerprint density at radius 1 is 0.682 bits per heavy atom. The number of benzene rings is 3. The van der Waals surface area contributed by atoms with Crippen molar-refractivity contribution in [1.29, 1.82) is 0 Å². The number of ketones is 1. The fourth-order valence-electron chi connectivity index (χ4n) is 2.70. The van der Waals surface area contributed by atoms with E-state index in [4.69, 9.17) is 0 Å². The van der Waals surface area contributed by atoms with Crippen molar-refractivity contribution in [2.45, 2.75) is 12.3 Å². The molecule has 0 saturated carbocycles. The predicted molar refractivity (Wildman–Crippen MR) is 90.1 cm³/mol. The number of rotatable bonds is 5. The first-order valence-electron chi connectivity index (χ1n) is 7.53. The van der Waals surface area contributed by atoms with Gasteiger partial charge in [0.2, 0.25) is 0 Å². The molecule has 0 aliphatic heterocycles. The number of carbonyl (C=O) groups is 1. The minimum atomic E-state index is -0.147. The van der Waals surface area contributed by atoms with Crippen LogP contribution in [0.15, 0.2) is 91.0 Å². The zero-order valence-corrected chi connectivity index (χ0v) is 12.4. The average molecular weight is 286 g/mol. The van der Waals surface area contributed by atoms with Crippen molar-refractivity contribution in [3.8, 4) is 0 Å². The zero-order valence-electron chi connectivity index (χ0n) is 12.4. The summed E-state index contributed by atoms with van der Waals surface area (Å²) in [6.45, 7) is 0. The Kier molecular flexibility index (Phi) is 4.45. The van der Waals surface area contributed by atoms with Gasteiger partial charge in [0.05, 0.1) is 5.92 Å². The molecule has 0 aliphatic carbocycles. The summed E-state index contributed by atoms with van der Waals surface area (Å²) >= 11 is 0. The van der Waals surface area contributed by atoms with Gasteiger partial charge in [0.1, 0.15) is 0 Å². The van der Waals surface area contributed by atoms with E-state index in [-0.39, 0.29) is 11.7 Å². The molecule has 0 saturated heterocycles. The van der Waals surface area contributed by atoms with Gasteiger partial charge in [0.15, 0.2) is 5.78 Å². The molecule has 0 unspecified atom stereocenters. The van der Waals surface area contributed by atoms with Crippen LogP contribution < -0.4 is 0 Å². The summed E-state index contributed by atoms with van der Waals surface area (Å²) < 4.78 is 0. The Labute approximate surface area is 131 Å². The van der Waals surface area contributed by atoms with E-state index in [1.807, 2.05) is 78.9 Å². The van der Waals surface area contributed by atoms with Gasteiger partial charge < -0.3 is 0 Å². The SMILES string of the molecule is O=C(c1ccccc1)[C@@H](Cc1ccccc1)c1ccccc1. The standard InChI is InChI=1S/C21H18O/c22-21(19-14-8-3-9-15-19)20(18-12-6-2-7-13-18)16-17-10-4-1-5-11-17/h1-15,20H,16H2/t20-/m0/s1. The van der Waals surface area contributed by atoms with Crippen LogP contribution in [-0.2, 0) is 6.42 Å². The second kappa shape index (κ2) is 6.86. The molecule has 1 atom stereocenters. The van der Waals surface area contributed by atoms with Crippen LogP contribution in [0.2, 0.25) is 0 Å². The lowest BCUT2D eigenvalue weighted by Gasteiger charge is -2.16. The van der Waals surface area contributed by atoms with E-state index in [1.54, 1.807) is 0 Å². The molecule has 0 heterocycles. The van der Waals surface area contributed by atoms with Crippen molar-refractivity contribution >= 4 is 5.78 Å². The van der Waals surface area contributed by atoms with E-state index in [9.17, 15) is 4.79 Å². The van der Waals surface area contributed by atoms with Gasteiger partial charge in [-0.3, -0.25) is 4.79 Å². The van der Waals surface area contributed by atoms with Gasteiger partial charge in [0, 0.05) is 5.56 Å². The maximum atomic E-state index is 12.9. The Balaban J connectivity index is 1.95. The van der Waals surface area contributed by atoms with E-state index >= 15 is 0 Å². The molecule has 0 spiro atoms. The van der Waals surface area contributed by atoms with Gasteiger partial charge in [-0.15, -0.1) is 0 Å². The number of Topliss-reactive ketones (excluding diaryl/α,β-unsaturated/α-hetero) is 1. The first-order chi connectivity index (χ1) is 10.8. The molecule has 3 aromatic rings. The van der Waals surface area contributed by atoms with E-state index in [1.165, 1.54) is 5.56 Å². The molecule has 3 rings (SSSR count). The molecule has 0 N–H and O–H groups in total. The lowest BCUT2D eigenvalue weighted by Crippen LogP contribution is -2.15. The summed E-state index contributed by atoms with van der Waals surface area (Å²) in [6, 6.07) is 29.8. The summed E-state index contributed by atoms with van der Waals surface area (Å²) in [4.78, 5) is 12.9. The number of carbonyl (C=O) groups excluding carboxylic acids is 1. The van der Waals surface area contributed by atoms with Crippen molar-refractivity contribution in [2.75, 3.05) is 0 Å². The van der Waals surface area contributed by atoms with Crippen LogP contribution in [0.25, 0.3) is 0 Å². The Hall–Kier alpha value is -2.67. The Morgan fingerprint density at radius 2 is 1.18 bits per heavy atom. The molecule has 0 amide bonds. The molecule has 1 nitrogen and oxygen atoms in total. The van der Waals surface area contributed by atoms with Crippen molar-refractivity contribution in [2.24, 2.45) is 0 Å². The van der Waals surface area contributed by atoms with E-state index in [0.717, 1.165) is 17.5 Å². The monoisotopic (exact) mass is 286 g/mol. The fraction of sp³-hybridized carbons (Fsp3) is 0.0952. The third kappa shape index (κ3) is 3.32. The molecule has 0 aliphatic rings. The first-order valence-corrected chi connectivity index (χ1v) is 7.53. The quantitative estimate of drug-likeness (QED) is 0.610. The molecule has 0 radical (unpaired) electrons. The highest BCUT2D eigenvalue weighted by molar-refractivity contribution is 6.01. The molecular formula is C21H18O. The minimum absolute atomic E-state index is 0.147. The highest BCUT2D eigenvalue weighted by Crippen LogP contribution is 2.25. The third-order valence-electron chi connectivity index (χ3n) is 3.86. The van der Waals surface area contributed by atoms with E-state index in [2.05, 4.69) is 12.1 Å². The van der Waals surface area contributed by atoms with Gasteiger partial charge >= 0.3 is 0 Å². The minimum Gasteiger partial charge on any atom is -0.293 e. The first kappa shape index (κ1) is 14.3. The van der Waals surface area contributed by atoms with Crippen LogP contribution in [0, 0.1) is 0 Å². The summed E-state index contributed by atoms with van der Waals surface area (Å²) in [6.07, 6.45) is 0.721. The van der Waals surface area contributed by atoms with Crippen molar-refractivity contribution < 1.29 is 4.79 Å². The molecule has 22 heavy (non-hydrogen) atoms. The lowest BCUT2D eigenvalue weighted by atomic mass is 9.85. The van der Waals surface area contributed by atoms with Crippen molar-refractivity contribution in [1.82, 2.24) is 0 Å². The van der Waals surface area contributed by atoms with Crippen LogP contribution >= 0.6 is 0 Å². The lowest BCUT2D eigenvalue weighted by molar-refractivity contribution is 0.0959. The normalized spacial score (nSPS) is 11.8. The molecule has 0 bridgehead atoms. The smallest absolute Gasteiger partial charge is 0.170 e. The van der Waals surface area contributed by atoms with Gasteiger partial charge in [-0.05, 0) is 17.5 Å². The van der Waals surface area contributed by atoms with Crippen molar-refractivity contribution in [3.63, 3.8) is 0 Å². The van der Waals surface area contributed by atoms with Crippen LogP contribution in [0.4, 0.5) is 0 Å². The Morgan fingerprint density at radius 3 is 1.77 bits per heavy atom. The number of hydrogen-bond donors (Lipinski definition) is 0. The molecule has 1 heteroatoms. The van der Waals surface area contributed by atoms with Crippen LogP contribution in [0.1, 0.15) is 27.4 Å². The van der Waals surface area contributed by atoms with E-state index < -0.39 is 0 Å². The van der Waals surface area contributed by atoms with Crippen LogP contribution in [-0.4, -0.2) is 5.78 Å². The third-order valence-corrected chi connectivity index (χ3v) is 3.86. The van der Waals surface area contributed by atoms with Crippen LogP contribution in [0.3, 0.4) is 0 Å².